The van der Waals surface area contributed by atoms with Crippen LogP contribution in [0.3, 0.4) is 0 Å². The molecule has 0 N–H and O–H groups in total. The van der Waals surface area contributed by atoms with Gasteiger partial charge in [-0.1, -0.05) is 30.7 Å². The van der Waals surface area contributed by atoms with Crippen molar-refractivity contribution in [1.29, 1.82) is 0 Å². The number of hydrogen-bond donors (Lipinski definition) is 0. The maximum atomic E-state index is 5.81. The van der Waals surface area contributed by atoms with Gasteiger partial charge in [0.2, 0.25) is 0 Å². The highest BCUT2D eigenvalue weighted by atomic mass is 35.5. The summed E-state index contributed by atoms with van der Waals surface area (Å²) in [6, 6.07) is 7.78. The molecule has 2 aromatic rings. The van der Waals surface area contributed by atoms with Gasteiger partial charge in [-0.25, -0.2) is 4.98 Å². The normalized spacial score (nSPS) is 10.4. The predicted molar refractivity (Wildman–Crippen MR) is 61.9 cm³/mol. The van der Waals surface area contributed by atoms with E-state index < -0.39 is 0 Å². The minimum absolute atomic E-state index is 0.764. The Morgan fingerprint density at radius 1 is 1.29 bits per heavy atom. The number of aryl methyl sites for hydroxylation is 1. The number of aromatic nitrogens is 1. The van der Waals surface area contributed by atoms with Gasteiger partial charge in [0, 0.05) is 16.0 Å². The van der Waals surface area contributed by atoms with E-state index in [4.69, 9.17) is 11.6 Å². The number of nitrogens with zero attached hydrogens (tertiary/aromatic N) is 1. The van der Waals surface area contributed by atoms with E-state index in [2.05, 4.69) is 17.3 Å². The molecule has 14 heavy (non-hydrogen) atoms. The summed E-state index contributed by atoms with van der Waals surface area (Å²) in [5, 5.41) is 4.02. The first-order valence-corrected chi connectivity index (χ1v) is 5.75. The van der Waals surface area contributed by atoms with Gasteiger partial charge >= 0.3 is 0 Å². The Balaban J connectivity index is 2.34. The Kier molecular flexibility index (Phi) is 2.85. The van der Waals surface area contributed by atoms with Crippen LogP contribution in [0.1, 0.15) is 11.9 Å². The Labute approximate surface area is 92.4 Å². The molecule has 0 aliphatic rings. The summed E-state index contributed by atoms with van der Waals surface area (Å²) in [5.41, 5.74) is 2.17. The predicted octanol–water partition coefficient (Wildman–Crippen LogP) is 4.03. The molecular weight excluding hydrogens is 214 g/mol. The van der Waals surface area contributed by atoms with Crippen molar-refractivity contribution in [3.05, 3.63) is 39.7 Å². The van der Waals surface area contributed by atoms with Gasteiger partial charge in [0.1, 0.15) is 0 Å². The molecule has 0 unspecified atom stereocenters. The lowest BCUT2D eigenvalue weighted by atomic mass is 10.2. The molecule has 1 nitrogen and oxygen atoms in total. The van der Waals surface area contributed by atoms with Crippen LogP contribution in [-0.4, -0.2) is 4.98 Å². The molecule has 1 heterocycles. The summed E-state index contributed by atoms with van der Waals surface area (Å²) >= 11 is 7.52. The van der Waals surface area contributed by atoms with E-state index in [9.17, 15) is 0 Å². The van der Waals surface area contributed by atoms with Crippen LogP contribution in [0.25, 0.3) is 11.3 Å². The third kappa shape index (κ3) is 1.97. The molecule has 0 atom stereocenters. The minimum Gasteiger partial charge on any atom is -0.241 e. The number of thiazole rings is 1. The van der Waals surface area contributed by atoms with Crippen molar-refractivity contribution in [2.75, 3.05) is 0 Å². The van der Waals surface area contributed by atoms with E-state index in [0.717, 1.165) is 22.7 Å². The van der Waals surface area contributed by atoms with Gasteiger partial charge < -0.3 is 0 Å². The second-order valence-electron chi connectivity index (χ2n) is 2.99. The molecule has 0 amide bonds. The van der Waals surface area contributed by atoms with Crippen molar-refractivity contribution >= 4 is 22.9 Å². The maximum Gasteiger partial charge on any atom is 0.0929 e. The van der Waals surface area contributed by atoms with Crippen LogP contribution in [-0.2, 0) is 6.42 Å². The van der Waals surface area contributed by atoms with Crippen LogP contribution in [0.4, 0.5) is 0 Å². The van der Waals surface area contributed by atoms with Gasteiger partial charge in [-0.3, -0.25) is 0 Å². The molecule has 0 radical (unpaired) electrons. The summed E-state index contributed by atoms with van der Waals surface area (Å²) in [5.74, 6) is 0. The Bertz CT molecular complexity index is 419. The molecule has 0 bridgehead atoms. The first-order valence-electron chi connectivity index (χ1n) is 4.50. The van der Waals surface area contributed by atoms with Crippen molar-refractivity contribution < 1.29 is 0 Å². The summed E-state index contributed by atoms with van der Waals surface area (Å²) in [7, 11) is 0. The molecule has 0 spiro atoms. The van der Waals surface area contributed by atoms with Crippen molar-refractivity contribution in [2.24, 2.45) is 0 Å². The SMILES string of the molecule is CCc1nc(-c2ccc(Cl)cc2)cs1. The number of benzene rings is 1. The van der Waals surface area contributed by atoms with E-state index in [0.29, 0.717) is 0 Å². The van der Waals surface area contributed by atoms with E-state index >= 15 is 0 Å². The largest absolute Gasteiger partial charge is 0.241 e. The highest BCUT2D eigenvalue weighted by Crippen LogP contribution is 2.23. The highest BCUT2D eigenvalue weighted by Gasteiger charge is 2.02. The van der Waals surface area contributed by atoms with Crippen LogP contribution in [0.2, 0.25) is 5.02 Å². The Hall–Kier alpha value is -0.860. The number of hydrogen-bond acceptors (Lipinski definition) is 2. The molecular formula is C11H10ClNS. The lowest BCUT2D eigenvalue weighted by Gasteiger charge is -1.95. The standard InChI is InChI=1S/C11H10ClNS/c1-2-11-13-10(7-14-11)8-3-5-9(12)6-4-8/h3-7H,2H2,1H3. The van der Waals surface area contributed by atoms with Crippen molar-refractivity contribution in [3.63, 3.8) is 0 Å². The van der Waals surface area contributed by atoms with Crippen LogP contribution in [0.5, 0.6) is 0 Å². The average molecular weight is 224 g/mol. The van der Waals surface area contributed by atoms with Gasteiger partial charge in [0.25, 0.3) is 0 Å². The van der Waals surface area contributed by atoms with Gasteiger partial charge in [0.15, 0.2) is 0 Å². The second-order valence-corrected chi connectivity index (χ2v) is 4.37. The fourth-order valence-electron chi connectivity index (χ4n) is 1.23. The minimum atomic E-state index is 0.764. The Morgan fingerprint density at radius 3 is 2.57 bits per heavy atom. The summed E-state index contributed by atoms with van der Waals surface area (Å²) in [4.78, 5) is 4.50. The van der Waals surface area contributed by atoms with Crippen LogP contribution in [0.15, 0.2) is 29.6 Å². The molecule has 72 valence electrons. The topological polar surface area (TPSA) is 12.9 Å². The number of halogens is 1. The lowest BCUT2D eigenvalue weighted by molar-refractivity contribution is 1.10. The molecule has 1 aromatic carbocycles. The first kappa shape index (κ1) is 9.69. The third-order valence-corrected chi connectivity index (χ3v) is 3.24. The average Bonchev–Trinajstić information content (AvgIpc) is 2.67. The summed E-state index contributed by atoms with van der Waals surface area (Å²) in [6.07, 6.45) is 0.998. The van der Waals surface area contributed by atoms with Gasteiger partial charge in [-0.05, 0) is 18.6 Å². The highest BCUT2D eigenvalue weighted by molar-refractivity contribution is 7.09. The molecule has 0 saturated heterocycles. The quantitative estimate of drug-likeness (QED) is 0.749. The van der Waals surface area contributed by atoms with Gasteiger partial charge in [-0.2, -0.15) is 0 Å². The van der Waals surface area contributed by atoms with E-state index in [1.807, 2.05) is 24.3 Å². The van der Waals surface area contributed by atoms with Crippen molar-refractivity contribution in [2.45, 2.75) is 13.3 Å². The van der Waals surface area contributed by atoms with Crippen LogP contribution < -0.4 is 0 Å². The van der Waals surface area contributed by atoms with Gasteiger partial charge in [-0.15, -0.1) is 11.3 Å². The molecule has 0 aliphatic carbocycles. The zero-order chi connectivity index (χ0) is 9.97. The van der Waals surface area contributed by atoms with Crippen molar-refractivity contribution in [1.82, 2.24) is 4.98 Å². The fraction of sp³-hybridized carbons (Fsp3) is 0.182. The van der Waals surface area contributed by atoms with Crippen LogP contribution >= 0.6 is 22.9 Å². The number of rotatable bonds is 2. The van der Waals surface area contributed by atoms with E-state index in [-0.39, 0.29) is 0 Å². The Morgan fingerprint density at radius 2 is 2.00 bits per heavy atom. The monoisotopic (exact) mass is 223 g/mol. The lowest BCUT2D eigenvalue weighted by Crippen LogP contribution is -1.79. The fourth-order valence-corrected chi connectivity index (χ4v) is 2.11. The zero-order valence-corrected chi connectivity index (χ0v) is 9.40. The van der Waals surface area contributed by atoms with Crippen LogP contribution in [0, 0.1) is 0 Å². The van der Waals surface area contributed by atoms with E-state index in [1.54, 1.807) is 11.3 Å². The van der Waals surface area contributed by atoms with Crippen molar-refractivity contribution in [3.8, 4) is 11.3 Å². The third-order valence-electron chi connectivity index (χ3n) is 1.99. The molecule has 2 rings (SSSR count). The molecule has 1 aromatic heterocycles. The molecule has 0 fully saturated rings. The molecule has 0 aliphatic heterocycles. The van der Waals surface area contributed by atoms with E-state index in [1.165, 1.54) is 5.01 Å². The first-order chi connectivity index (χ1) is 6.79. The smallest absolute Gasteiger partial charge is 0.0929 e. The molecule has 0 saturated carbocycles. The second kappa shape index (κ2) is 4.11. The summed E-state index contributed by atoms with van der Waals surface area (Å²) < 4.78 is 0. The molecule has 3 heteroatoms. The zero-order valence-electron chi connectivity index (χ0n) is 7.83. The van der Waals surface area contributed by atoms with Gasteiger partial charge in [0.05, 0.1) is 10.7 Å². The summed E-state index contributed by atoms with van der Waals surface area (Å²) in [6.45, 7) is 2.12. The maximum absolute atomic E-state index is 5.81.